The number of rotatable bonds is 3. The van der Waals surface area contributed by atoms with Crippen LogP contribution in [-0.4, -0.2) is 4.57 Å². The van der Waals surface area contributed by atoms with Crippen LogP contribution in [-0.2, 0) is 13.6 Å². The van der Waals surface area contributed by atoms with Gasteiger partial charge in [-0.3, -0.25) is 4.79 Å². The maximum atomic E-state index is 12.1. The second-order valence-corrected chi connectivity index (χ2v) is 5.25. The molecule has 0 unspecified atom stereocenters. The van der Waals surface area contributed by atoms with Gasteiger partial charge in [-0.25, -0.2) is 0 Å². The van der Waals surface area contributed by atoms with Gasteiger partial charge in [0.2, 0.25) is 0 Å². The number of benzene rings is 2. The molecule has 3 rings (SSSR count). The number of nitrogens with zero attached hydrogens (tertiary/aromatic N) is 1. The highest BCUT2D eigenvalue weighted by Gasteiger charge is 2.06. The first kappa shape index (κ1) is 13.4. The van der Waals surface area contributed by atoms with Crippen molar-refractivity contribution in [2.24, 2.45) is 7.05 Å². The van der Waals surface area contributed by atoms with E-state index in [0.717, 1.165) is 16.6 Å². The Hall–Kier alpha value is -2.55. The average Bonchev–Trinajstić information content (AvgIpc) is 2.51. The van der Waals surface area contributed by atoms with Crippen molar-refractivity contribution >= 4 is 16.6 Å². The van der Waals surface area contributed by atoms with Crippen LogP contribution in [0.4, 0.5) is 5.69 Å². The van der Waals surface area contributed by atoms with Crippen molar-refractivity contribution in [1.82, 2.24) is 4.57 Å². The Morgan fingerprint density at radius 2 is 1.76 bits per heavy atom. The predicted molar refractivity (Wildman–Crippen MR) is 87.7 cm³/mol. The Balaban J connectivity index is 2.00. The van der Waals surface area contributed by atoms with Crippen LogP contribution < -0.4 is 10.9 Å². The molecule has 3 heteroatoms. The van der Waals surface area contributed by atoms with E-state index in [-0.39, 0.29) is 5.56 Å². The maximum absolute atomic E-state index is 12.1. The fourth-order valence-electron chi connectivity index (χ4n) is 2.56. The molecule has 0 aliphatic carbocycles. The third-order valence-corrected chi connectivity index (χ3v) is 3.88. The van der Waals surface area contributed by atoms with Gasteiger partial charge in [0, 0.05) is 30.7 Å². The summed E-state index contributed by atoms with van der Waals surface area (Å²) in [5.41, 5.74) is 4.32. The van der Waals surface area contributed by atoms with E-state index in [1.54, 1.807) is 17.7 Å². The van der Waals surface area contributed by atoms with Crippen LogP contribution in [0.3, 0.4) is 0 Å². The lowest BCUT2D eigenvalue weighted by atomic mass is 10.1. The standard InChI is InChI=1S/C18H18N2O/c1-13-7-3-4-8-14(13)12-19-16-11-18(21)20(2)17-10-6-5-9-15(16)17/h3-11,19H,12H2,1-2H3. The second kappa shape index (κ2) is 5.44. The van der Waals surface area contributed by atoms with Gasteiger partial charge in [0.05, 0.1) is 5.52 Å². The van der Waals surface area contributed by atoms with Gasteiger partial charge < -0.3 is 9.88 Å². The number of hydrogen-bond donors (Lipinski definition) is 1. The molecular formula is C18H18N2O. The van der Waals surface area contributed by atoms with E-state index < -0.39 is 0 Å². The lowest BCUT2D eigenvalue weighted by Gasteiger charge is -2.13. The summed E-state index contributed by atoms with van der Waals surface area (Å²) >= 11 is 0. The van der Waals surface area contributed by atoms with Gasteiger partial charge in [-0.05, 0) is 24.1 Å². The highest BCUT2D eigenvalue weighted by Crippen LogP contribution is 2.21. The molecule has 0 aliphatic heterocycles. The summed E-state index contributed by atoms with van der Waals surface area (Å²) in [7, 11) is 1.80. The fourth-order valence-corrected chi connectivity index (χ4v) is 2.56. The summed E-state index contributed by atoms with van der Waals surface area (Å²) in [4.78, 5) is 12.1. The van der Waals surface area contributed by atoms with Crippen molar-refractivity contribution in [2.75, 3.05) is 5.32 Å². The molecule has 0 atom stereocenters. The zero-order valence-electron chi connectivity index (χ0n) is 12.3. The van der Waals surface area contributed by atoms with Gasteiger partial charge in [0.15, 0.2) is 0 Å². The predicted octanol–water partition coefficient (Wildman–Crippen LogP) is 3.46. The quantitative estimate of drug-likeness (QED) is 0.796. The minimum Gasteiger partial charge on any atom is -0.380 e. The van der Waals surface area contributed by atoms with E-state index in [1.807, 2.05) is 36.4 Å². The van der Waals surface area contributed by atoms with E-state index >= 15 is 0 Å². The van der Waals surface area contributed by atoms with Crippen LogP contribution in [0.1, 0.15) is 11.1 Å². The number of para-hydroxylation sites is 1. The van der Waals surface area contributed by atoms with E-state index in [0.29, 0.717) is 6.54 Å². The molecule has 1 aromatic heterocycles. The molecule has 1 N–H and O–H groups in total. The number of fused-ring (bicyclic) bond motifs is 1. The van der Waals surface area contributed by atoms with Crippen LogP contribution in [0.15, 0.2) is 59.4 Å². The Labute approximate surface area is 123 Å². The number of anilines is 1. The van der Waals surface area contributed by atoms with Gasteiger partial charge in [-0.15, -0.1) is 0 Å². The highest BCUT2D eigenvalue weighted by atomic mass is 16.1. The van der Waals surface area contributed by atoms with Crippen molar-refractivity contribution in [3.8, 4) is 0 Å². The lowest BCUT2D eigenvalue weighted by molar-refractivity contribution is 0.905. The summed E-state index contributed by atoms with van der Waals surface area (Å²) in [5.74, 6) is 0. The number of pyridine rings is 1. The van der Waals surface area contributed by atoms with Gasteiger partial charge in [-0.2, -0.15) is 0 Å². The largest absolute Gasteiger partial charge is 0.380 e. The Morgan fingerprint density at radius 3 is 2.57 bits per heavy atom. The smallest absolute Gasteiger partial charge is 0.252 e. The zero-order valence-corrected chi connectivity index (χ0v) is 12.3. The molecular weight excluding hydrogens is 260 g/mol. The number of nitrogens with one attached hydrogen (secondary N) is 1. The molecule has 1 heterocycles. The molecule has 2 aromatic carbocycles. The van der Waals surface area contributed by atoms with Crippen molar-refractivity contribution in [3.05, 3.63) is 76.1 Å². The summed E-state index contributed by atoms with van der Waals surface area (Å²) in [6.07, 6.45) is 0. The average molecular weight is 278 g/mol. The molecule has 0 radical (unpaired) electrons. The van der Waals surface area contributed by atoms with Crippen LogP contribution in [0, 0.1) is 6.92 Å². The monoisotopic (exact) mass is 278 g/mol. The minimum atomic E-state index is 0.000911. The third-order valence-electron chi connectivity index (χ3n) is 3.88. The van der Waals surface area contributed by atoms with E-state index in [9.17, 15) is 4.79 Å². The topological polar surface area (TPSA) is 34.0 Å². The molecule has 3 nitrogen and oxygen atoms in total. The zero-order chi connectivity index (χ0) is 14.8. The molecule has 0 aliphatic rings. The Bertz CT molecular complexity index is 849. The molecule has 0 fully saturated rings. The van der Waals surface area contributed by atoms with Gasteiger partial charge in [0.1, 0.15) is 0 Å². The minimum absolute atomic E-state index is 0.000911. The van der Waals surface area contributed by atoms with Crippen LogP contribution in [0.2, 0.25) is 0 Å². The molecule has 3 aromatic rings. The Kier molecular flexibility index (Phi) is 3.48. The normalized spacial score (nSPS) is 10.8. The first-order chi connectivity index (χ1) is 10.2. The molecule has 0 saturated carbocycles. The second-order valence-electron chi connectivity index (χ2n) is 5.25. The number of aryl methyl sites for hydroxylation is 2. The van der Waals surface area contributed by atoms with Crippen LogP contribution >= 0.6 is 0 Å². The molecule has 0 bridgehead atoms. The van der Waals surface area contributed by atoms with Gasteiger partial charge >= 0.3 is 0 Å². The first-order valence-corrected chi connectivity index (χ1v) is 7.04. The van der Waals surface area contributed by atoms with Crippen LogP contribution in [0.5, 0.6) is 0 Å². The lowest BCUT2D eigenvalue weighted by Crippen LogP contribution is -2.17. The van der Waals surface area contributed by atoms with E-state index in [1.165, 1.54) is 11.1 Å². The maximum Gasteiger partial charge on any atom is 0.252 e. The van der Waals surface area contributed by atoms with Gasteiger partial charge in [-0.1, -0.05) is 42.5 Å². The van der Waals surface area contributed by atoms with Crippen molar-refractivity contribution in [1.29, 1.82) is 0 Å². The van der Waals surface area contributed by atoms with Crippen LogP contribution in [0.25, 0.3) is 10.9 Å². The van der Waals surface area contributed by atoms with Crippen molar-refractivity contribution < 1.29 is 0 Å². The molecule has 106 valence electrons. The third kappa shape index (κ3) is 2.55. The highest BCUT2D eigenvalue weighted by molar-refractivity contribution is 5.91. The number of aromatic nitrogens is 1. The summed E-state index contributed by atoms with van der Waals surface area (Å²) in [6, 6.07) is 17.9. The Morgan fingerprint density at radius 1 is 1.05 bits per heavy atom. The molecule has 0 saturated heterocycles. The first-order valence-electron chi connectivity index (χ1n) is 7.04. The molecule has 0 spiro atoms. The summed E-state index contributed by atoms with van der Waals surface area (Å²) in [6.45, 7) is 2.81. The van der Waals surface area contributed by atoms with Gasteiger partial charge in [0.25, 0.3) is 5.56 Å². The van der Waals surface area contributed by atoms with E-state index in [4.69, 9.17) is 0 Å². The molecule has 21 heavy (non-hydrogen) atoms. The van der Waals surface area contributed by atoms with E-state index in [2.05, 4.69) is 24.4 Å². The SMILES string of the molecule is Cc1ccccc1CNc1cc(=O)n(C)c2ccccc12. The van der Waals surface area contributed by atoms with Crippen molar-refractivity contribution in [2.45, 2.75) is 13.5 Å². The molecule has 0 amide bonds. The summed E-state index contributed by atoms with van der Waals surface area (Å²) < 4.78 is 1.67. The summed E-state index contributed by atoms with van der Waals surface area (Å²) in [5, 5.41) is 4.46. The van der Waals surface area contributed by atoms with Crippen molar-refractivity contribution in [3.63, 3.8) is 0 Å². The number of hydrogen-bond acceptors (Lipinski definition) is 2. The fraction of sp³-hybridized carbons (Fsp3) is 0.167.